The minimum absolute atomic E-state index is 0.955. The molecule has 0 radical (unpaired) electrons. The van der Waals surface area contributed by atoms with Crippen LogP contribution in [0.4, 0.5) is 0 Å². The van der Waals surface area contributed by atoms with E-state index in [-0.39, 0.29) is 0 Å². The number of furan rings is 1. The van der Waals surface area contributed by atoms with Crippen molar-refractivity contribution in [3.8, 4) is 0 Å². The average molecular weight is 215 g/mol. The maximum Gasteiger partial charge on any atom is 0.261 e. The van der Waals surface area contributed by atoms with Gasteiger partial charge >= 0.3 is 0 Å². The molecule has 0 saturated carbocycles. The standard InChI is InChI=1S/C13H15N2O/c1-4-13-14(3)8-10-5-6-12-11(15(10)13)7-9(2)16-12/h5-8H,4H2,1-3H3/q+1. The quantitative estimate of drug-likeness (QED) is 0.571. The van der Waals surface area contributed by atoms with Gasteiger partial charge in [0, 0.05) is 12.5 Å². The molecule has 0 bridgehead atoms. The number of pyridine rings is 1. The lowest BCUT2D eigenvalue weighted by Crippen LogP contribution is -2.30. The van der Waals surface area contributed by atoms with Gasteiger partial charge < -0.3 is 4.42 Å². The number of nitrogens with zero attached hydrogens (tertiary/aromatic N) is 2. The van der Waals surface area contributed by atoms with Crippen LogP contribution in [-0.4, -0.2) is 4.40 Å². The van der Waals surface area contributed by atoms with Gasteiger partial charge in [-0.15, -0.1) is 0 Å². The molecule has 0 amide bonds. The maximum absolute atomic E-state index is 5.65. The van der Waals surface area contributed by atoms with E-state index in [9.17, 15) is 0 Å². The molecule has 3 rings (SSSR count). The van der Waals surface area contributed by atoms with Crippen LogP contribution in [0.1, 0.15) is 18.5 Å². The fraction of sp³-hybridized carbons (Fsp3) is 0.308. The third-order valence-corrected chi connectivity index (χ3v) is 3.08. The second-order valence-electron chi connectivity index (χ2n) is 4.21. The Morgan fingerprint density at radius 1 is 1.38 bits per heavy atom. The van der Waals surface area contributed by atoms with Gasteiger partial charge in [0.1, 0.15) is 12.0 Å². The van der Waals surface area contributed by atoms with Crippen molar-refractivity contribution in [2.45, 2.75) is 20.3 Å². The van der Waals surface area contributed by atoms with Crippen molar-refractivity contribution in [2.75, 3.05) is 0 Å². The van der Waals surface area contributed by atoms with Gasteiger partial charge in [-0.2, -0.15) is 4.40 Å². The summed E-state index contributed by atoms with van der Waals surface area (Å²) in [5.41, 5.74) is 3.33. The zero-order valence-electron chi connectivity index (χ0n) is 9.82. The summed E-state index contributed by atoms with van der Waals surface area (Å²) >= 11 is 0. The fourth-order valence-electron chi connectivity index (χ4n) is 2.41. The van der Waals surface area contributed by atoms with Gasteiger partial charge in [0.25, 0.3) is 5.82 Å². The Labute approximate surface area is 93.9 Å². The normalized spacial score (nSPS) is 11.7. The third kappa shape index (κ3) is 1.11. The van der Waals surface area contributed by atoms with Crippen LogP contribution in [-0.2, 0) is 13.5 Å². The Morgan fingerprint density at radius 3 is 2.94 bits per heavy atom. The summed E-state index contributed by atoms with van der Waals surface area (Å²) in [4.78, 5) is 0. The van der Waals surface area contributed by atoms with Gasteiger partial charge in [-0.3, -0.25) is 0 Å². The van der Waals surface area contributed by atoms with Crippen LogP contribution >= 0.6 is 0 Å². The summed E-state index contributed by atoms with van der Waals surface area (Å²) < 4.78 is 10.1. The van der Waals surface area contributed by atoms with E-state index in [1.54, 1.807) is 0 Å². The number of aryl methyl sites for hydroxylation is 3. The van der Waals surface area contributed by atoms with Crippen LogP contribution in [0.25, 0.3) is 16.6 Å². The molecule has 3 aromatic rings. The zero-order chi connectivity index (χ0) is 11.3. The highest BCUT2D eigenvalue weighted by Gasteiger charge is 2.18. The lowest BCUT2D eigenvalue weighted by Gasteiger charge is -1.93. The first-order valence-electron chi connectivity index (χ1n) is 5.60. The monoisotopic (exact) mass is 215 g/mol. The molecular weight excluding hydrogens is 200 g/mol. The largest absolute Gasteiger partial charge is 0.457 e. The minimum atomic E-state index is 0.955. The molecule has 16 heavy (non-hydrogen) atoms. The molecule has 0 N–H and O–H groups in total. The first-order valence-corrected chi connectivity index (χ1v) is 5.60. The smallest absolute Gasteiger partial charge is 0.261 e. The summed E-state index contributed by atoms with van der Waals surface area (Å²) in [5, 5.41) is 0. The highest BCUT2D eigenvalue weighted by molar-refractivity contribution is 5.78. The van der Waals surface area contributed by atoms with Gasteiger partial charge in [0.2, 0.25) is 0 Å². The topological polar surface area (TPSA) is 21.4 Å². The molecule has 0 aliphatic heterocycles. The highest BCUT2D eigenvalue weighted by Crippen LogP contribution is 2.21. The van der Waals surface area contributed by atoms with E-state index in [1.165, 1.54) is 11.3 Å². The number of hydrogen-bond acceptors (Lipinski definition) is 1. The number of rotatable bonds is 1. The minimum Gasteiger partial charge on any atom is -0.457 e. The van der Waals surface area contributed by atoms with Crippen molar-refractivity contribution >= 4 is 16.6 Å². The van der Waals surface area contributed by atoms with Crippen molar-refractivity contribution < 1.29 is 8.98 Å². The molecule has 0 atom stereocenters. The van der Waals surface area contributed by atoms with Gasteiger partial charge in [-0.1, -0.05) is 6.92 Å². The summed E-state index contributed by atoms with van der Waals surface area (Å²) in [6, 6.07) is 6.24. The van der Waals surface area contributed by atoms with E-state index in [1.807, 2.05) is 13.0 Å². The summed E-state index contributed by atoms with van der Waals surface area (Å²) in [6.07, 6.45) is 3.16. The Hall–Kier alpha value is -1.77. The van der Waals surface area contributed by atoms with E-state index in [2.05, 4.69) is 41.3 Å². The van der Waals surface area contributed by atoms with Crippen LogP contribution < -0.4 is 4.57 Å². The van der Waals surface area contributed by atoms with E-state index in [0.29, 0.717) is 0 Å². The predicted octanol–water partition coefficient (Wildman–Crippen LogP) is 2.38. The molecule has 0 fully saturated rings. The molecule has 3 nitrogen and oxygen atoms in total. The van der Waals surface area contributed by atoms with Crippen LogP contribution in [0, 0.1) is 6.92 Å². The molecule has 0 aliphatic carbocycles. The number of hydrogen-bond donors (Lipinski definition) is 0. The van der Waals surface area contributed by atoms with Gasteiger partial charge in [-0.25, -0.2) is 4.57 Å². The molecule has 3 aromatic heterocycles. The molecule has 0 aromatic carbocycles. The number of imidazole rings is 1. The SMILES string of the molecule is CCc1n2c(ccc3oc(C)cc32)c[n+]1C. The van der Waals surface area contributed by atoms with Crippen LogP contribution in [0.2, 0.25) is 0 Å². The second kappa shape index (κ2) is 3.11. The van der Waals surface area contributed by atoms with Gasteiger partial charge in [-0.05, 0) is 19.1 Å². The third-order valence-electron chi connectivity index (χ3n) is 3.08. The van der Waals surface area contributed by atoms with Crippen molar-refractivity contribution in [2.24, 2.45) is 7.05 Å². The number of aromatic nitrogens is 2. The highest BCUT2D eigenvalue weighted by atomic mass is 16.3. The molecule has 0 unspecified atom stereocenters. The van der Waals surface area contributed by atoms with Gasteiger partial charge in [0.05, 0.1) is 7.05 Å². The van der Waals surface area contributed by atoms with Crippen molar-refractivity contribution in [1.29, 1.82) is 0 Å². The second-order valence-corrected chi connectivity index (χ2v) is 4.21. The first kappa shape index (κ1) is 9.46. The molecular formula is C13H15N2O+. The summed E-state index contributed by atoms with van der Waals surface area (Å²) in [7, 11) is 2.09. The summed E-state index contributed by atoms with van der Waals surface area (Å²) in [6.45, 7) is 4.16. The van der Waals surface area contributed by atoms with Crippen LogP contribution in [0.3, 0.4) is 0 Å². The molecule has 0 aliphatic rings. The van der Waals surface area contributed by atoms with E-state index in [0.717, 1.165) is 23.3 Å². The van der Waals surface area contributed by atoms with E-state index < -0.39 is 0 Å². The van der Waals surface area contributed by atoms with E-state index >= 15 is 0 Å². The van der Waals surface area contributed by atoms with Crippen molar-refractivity contribution in [3.63, 3.8) is 0 Å². The Bertz CT molecular complexity index is 676. The predicted molar refractivity (Wildman–Crippen MR) is 62.5 cm³/mol. The lowest BCUT2D eigenvalue weighted by molar-refractivity contribution is -0.677. The fourth-order valence-corrected chi connectivity index (χ4v) is 2.41. The van der Waals surface area contributed by atoms with Crippen LogP contribution in [0.15, 0.2) is 28.8 Å². The average Bonchev–Trinajstić information content (AvgIpc) is 2.75. The molecule has 0 saturated heterocycles. The van der Waals surface area contributed by atoms with Crippen molar-refractivity contribution in [1.82, 2.24) is 4.40 Å². The first-order chi connectivity index (χ1) is 7.70. The van der Waals surface area contributed by atoms with E-state index in [4.69, 9.17) is 4.42 Å². The molecule has 3 heteroatoms. The summed E-state index contributed by atoms with van der Waals surface area (Å²) in [5.74, 6) is 2.25. The Kier molecular flexibility index (Phi) is 1.84. The molecule has 0 spiro atoms. The molecule has 82 valence electrons. The lowest BCUT2D eigenvalue weighted by atomic mass is 10.3. The Morgan fingerprint density at radius 2 is 2.19 bits per heavy atom. The zero-order valence-corrected chi connectivity index (χ0v) is 9.82. The van der Waals surface area contributed by atoms with Crippen LogP contribution in [0.5, 0.6) is 0 Å². The Balaban J connectivity index is 2.56. The maximum atomic E-state index is 5.65. The number of fused-ring (bicyclic) bond motifs is 3. The van der Waals surface area contributed by atoms with Crippen molar-refractivity contribution in [3.05, 3.63) is 36.0 Å². The van der Waals surface area contributed by atoms with Gasteiger partial charge in [0.15, 0.2) is 16.6 Å². The molecule has 3 heterocycles.